The molecule has 1 aliphatic rings. The largest absolute Gasteiger partial charge is 0.493 e. The number of halogens is 4. The van der Waals surface area contributed by atoms with Crippen molar-refractivity contribution in [2.75, 3.05) is 31.0 Å². The zero-order valence-electron chi connectivity index (χ0n) is 32.1. The van der Waals surface area contributed by atoms with Gasteiger partial charge in [-0.05, 0) is 105 Å². The highest BCUT2D eigenvalue weighted by Crippen LogP contribution is 2.32. The monoisotopic (exact) mass is 948 g/mol. The van der Waals surface area contributed by atoms with E-state index in [1.54, 1.807) is 36.9 Å². The fraction of sp³-hybridized carbons (Fsp3) is 0.275. The van der Waals surface area contributed by atoms with E-state index < -0.39 is 23.5 Å². The number of fused-ring (bicyclic) bond motifs is 5. The van der Waals surface area contributed by atoms with Crippen molar-refractivity contribution in [2.45, 2.75) is 39.3 Å². The number of aromatic nitrogens is 8. The Labute approximate surface area is 358 Å². The number of anilines is 2. The summed E-state index contributed by atoms with van der Waals surface area (Å²) in [4.78, 5) is 46.9. The predicted octanol–water partition coefficient (Wildman–Crippen LogP) is 7.15. The van der Waals surface area contributed by atoms with Crippen LogP contribution in [0.15, 0.2) is 76.2 Å². The maximum absolute atomic E-state index is 14.7. The lowest BCUT2D eigenvalue weighted by atomic mass is 9.95. The minimum Gasteiger partial charge on any atom is -0.493 e. The van der Waals surface area contributed by atoms with Crippen molar-refractivity contribution < 1.29 is 37.4 Å². The Kier molecular flexibility index (Phi) is 13.2. The molecule has 0 radical (unpaired) electrons. The molecule has 0 saturated carbocycles. The molecule has 2 N–H and O–H groups in total. The minimum atomic E-state index is -0.700. The SMILES string of the molecule is COC(=O)c1cc(Br)c(F)cc1OCCC(Cc1cc2nc(c1)-c1nncn1CC(C)CCOc1cc(F)c(Br)cc1C(=O)N2)Cn1cnnc1-c1cccc(NC=O)n1. The lowest BCUT2D eigenvalue weighted by Crippen LogP contribution is -2.20. The minimum absolute atomic E-state index is 0.00341. The summed E-state index contributed by atoms with van der Waals surface area (Å²) in [7, 11) is 1.22. The molecule has 60 heavy (non-hydrogen) atoms. The quantitative estimate of drug-likeness (QED) is 0.0933. The molecule has 20 heteroatoms. The summed E-state index contributed by atoms with van der Waals surface area (Å²) in [6, 6.07) is 13.7. The summed E-state index contributed by atoms with van der Waals surface area (Å²) in [5.74, 6) is -1.16. The standard InChI is InChI=1S/C40H36Br2F2N10O6/c1-22-6-8-59-33-15-29(43)27(41)13-25(33)39(56)50-36-12-24(11-32(49-36)38-52-46-19-53(38)17-22)10-23(7-9-60-34-16-30(44)28(42)14-26(34)40(57)58-2)18-54-20-47-51-37(54)31-4-3-5-35(48-31)45-21-55/h3-5,11-16,19-23H,6-10,17-18H2,1-2H3,(H,45,48,55)(H,49,50,56). The van der Waals surface area contributed by atoms with Gasteiger partial charge in [0.2, 0.25) is 6.41 Å². The van der Waals surface area contributed by atoms with E-state index in [2.05, 4.69) is 67.9 Å². The second-order valence-electron chi connectivity index (χ2n) is 14.0. The summed E-state index contributed by atoms with van der Waals surface area (Å²) in [5, 5.41) is 22.4. The van der Waals surface area contributed by atoms with Gasteiger partial charge in [-0.1, -0.05) is 13.0 Å². The van der Waals surface area contributed by atoms with Crippen molar-refractivity contribution in [1.82, 2.24) is 39.5 Å². The Morgan fingerprint density at radius 1 is 1.03 bits per heavy atom. The molecule has 0 fully saturated rings. The number of benzene rings is 2. The summed E-state index contributed by atoms with van der Waals surface area (Å²) in [6.45, 7) is 3.16. The molecule has 0 spiro atoms. The third-order valence-corrected chi connectivity index (χ3v) is 10.8. The first-order valence-corrected chi connectivity index (χ1v) is 20.2. The number of carbonyl (C=O) groups is 3. The third-order valence-electron chi connectivity index (χ3n) is 9.61. The molecule has 2 aromatic carbocycles. The van der Waals surface area contributed by atoms with Crippen LogP contribution in [-0.2, 0) is 29.0 Å². The van der Waals surface area contributed by atoms with Gasteiger partial charge in [0, 0.05) is 25.2 Å². The van der Waals surface area contributed by atoms with Crippen LogP contribution in [0.5, 0.6) is 11.5 Å². The number of rotatable bonds is 12. The Bertz CT molecular complexity index is 2550. The van der Waals surface area contributed by atoms with Crippen molar-refractivity contribution in [1.29, 1.82) is 0 Å². The molecular formula is C40H36Br2F2N10O6. The molecular weight excluding hydrogens is 914 g/mol. The molecule has 0 saturated heterocycles. The van der Waals surface area contributed by atoms with Crippen LogP contribution >= 0.6 is 31.9 Å². The van der Waals surface area contributed by atoms with E-state index in [9.17, 15) is 23.2 Å². The number of hydrogen-bond acceptors (Lipinski definition) is 12. The fourth-order valence-electron chi connectivity index (χ4n) is 6.69. The maximum Gasteiger partial charge on any atom is 0.341 e. The van der Waals surface area contributed by atoms with Gasteiger partial charge in [-0.15, -0.1) is 20.4 Å². The number of esters is 1. The average Bonchev–Trinajstić information content (AvgIpc) is 3.89. The molecule has 7 rings (SSSR count). The van der Waals surface area contributed by atoms with Crippen molar-refractivity contribution in [3.05, 3.63) is 105 Å². The highest BCUT2D eigenvalue weighted by atomic mass is 79.9. The average molecular weight is 951 g/mol. The van der Waals surface area contributed by atoms with Crippen LogP contribution in [-0.4, -0.2) is 78.1 Å². The van der Waals surface area contributed by atoms with Crippen LogP contribution in [0, 0.1) is 23.5 Å². The molecule has 5 heterocycles. The molecule has 6 aromatic rings. The zero-order chi connectivity index (χ0) is 42.3. The van der Waals surface area contributed by atoms with Gasteiger partial charge in [-0.3, -0.25) is 9.59 Å². The van der Waals surface area contributed by atoms with E-state index in [-0.39, 0.29) is 62.4 Å². The molecule has 2 atom stereocenters. The van der Waals surface area contributed by atoms with Crippen molar-refractivity contribution in [3.63, 3.8) is 0 Å². The van der Waals surface area contributed by atoms with E-state index >= 15 is 0 Å². The van der Waals surface area contributed by atoms with E-state index in [0.717, 1.165) is 11.6 Å². The Morgan fingerprint density at radius 3 is 2.63 bits per heavy atom. The fourth-order valence-corrected chi connectivity index (χ4v) is 7.37. The molecule has 0 aliphatic carbocycles. The molecule has 1 aliphatic heterocycles. The van der Waals surface area contributed by atoms with Crippen molar-refractivity contribution in [3.8, 4) is 34.5 Å². The van der Waals surface area contributed by atoms with Crippen LogP contribution < -0.4 is 20.1 Å². The number of nitrogens with zero attached hydrogens (tertiary/aromatic N) is 8. The lowest BCUT2D eigenvalue weighted by molar-refractivity contribution is -0.105. The van der Waals surface area contributed by atoms with E-state index in [4.69, 9.17) is 19.2 Å². The molecule has 2 bridgehead atoms. The first-order chi connectivity index (χ1) is 29.0. The van der Waals surface area contributed by atoms with Gasteiger partial charge >= 0.3 is 5.97 Å². The number of hydrogen-bond donors (Lipinski definition) is 2. The van der Waals surface area contributed by atoms with Gasteiger partial charge in [0.25, 0.3) is 5.91 Å². The second kappa shape index (κ2) is 18.8. The molecule has 2 unspecified atom stereocenters. The van der Waals surface area contributed by atoms with Crippen LogP contribution in [0.3, 0.4) is 0 Å². The van der Waals surface area contributed by atoms with E-state index in [1.807, 2.05) is 22.1 Å². The maximum atomic E-state index is 14.7. The topological polar surface area (TPSA) is 190 Å². The Balaban J connectivity index is 1.26. The third kappa shape index (κ3) is 9.82. The number of carbonyl (C=O) groups excluding carboxylic acids is 3. The number of amides is 2. The molecule has 310 valence electrons. The molecule has 4 aromatic heterocycles. The number of nitrogens with one attached hydrogen (secondary N) is 2. The van der Waals surface area contributed by atoms with Crippen molar-refractivity contribution in [2.24, 2.45) is 11.8 Å². The Morgan fingerprint density at radius 2 is 1.82 bits per heavy atom. The Hall–Kier alpha value is -6.15. The van der Waals surface area contributed by atoms with Gasteiger partial charge in [0.05, 0.1) is 34.8 Å². The summed E-state index contributed by atoms with van der Waals surface area (Å²) in [6.07, 6.45) is 5.00. The van der Waals surface area contributed by atoms with Gasteiger partial charge in [0.1, 0.15) is 64.4 Å². The number of methoxy groups -OCH3 is 1. The summed E-state index contributed by atoms with van der Waals surface area (Å²) >= 11 is 6.31. The molecule has 2 amide bonds. The molecule has 16 nitrogen and oxygen atoms in total. The first-order valence-electron chi connectivity index (χ1n) is 18.6. The van der Waals surface area contributed by atoms with Gasteiger partial charge < -0.3 is 34.0 Å². The normalized spacial score (nSPS) is 14.4. The summed E-state index contributed by atoms with van der Waals surface area (Å²) in [5.41, 5.74) is 1.78. The highest BCUT2D eigenvalue weighted by Gasteiger charge is 2.24. The second-order valence-corrected chi connectivity index (χ2v) is 15.7. The van der Waals surface area contributed by atoms with Gasteiger partial charge in [-0.2, -0.15) is 0 Å². The van der Waals surface area contributed by atoms with Crippen LogP contribution in [0.4, 0.5) is 20.4 Å². The van der Waals surface area contributed by atoms with Crippen LogP contribution in [0.1, 0.15) is 46.0 Å². The number of ether oxygens (including phenoxy) is 3. The van der Waals surface area contributed by atoms with E-state index in [1.165, 1.54) is 25.3 Å². The predicted molar refractivity (Wildman–Crippen MR) is 220 cm³/mol. The summed E-state index contributed by atoms with van der Waals surface area (Å²) < 4.78 is 50.2. The van der Waals surface area contributed by atoms with Crippen LogP contribution in [0.25, 0.3) is 23.0 Å². The smallest absolute Gasteiger partial charge is 0.341 e. The van der Waals surface area contributed by atoms with E-state index in [0.29, 0.717) is 67.6 Å². The highest BCUT2D eigenvalue weighted by molar-refractivity contribution is 9.10. The lowest BCUT2D eigenvalue weighted by Gasteiger charge is -2.21. The van der Waals surface area contributed by atoms with Gasteiger partial charge in [-0.25, -0.2) is 23.5 Å². The first kappa shape index (κ1) is 42.0. The van der Waals surface area contributed by atoms with Gasteiger partial charge in [0.15, 0.2) is 11.6 Å². The zero-order valence-corrected chi connectivity index (χ0v) is 35.2. The van der Waals surface area contributed by atoms with Crippen molar-refractivity contribution >= 4 is 61.8 Å². The number of pyridine rings is 2. The van der Waals surface area contributed by atoms with Crippen LogP contribution in [0.2, 0.25) is 0 Å².